The summed E-state index contributed by atoms with van der Waals surface area (Å²) in [5.74, 6) is 0.164. The molecule has 0 bridgehead atoms. The van der Waals surface area contributed by atoms with Crippen molar-refractivity contribution in [1.29, 1.82) is 0 Å². The lowest BCUT2D eigenvalue weighted by atomic mass is 9.99. The predicted octanol–water partition coefficient (Wildman–Crippen LogP) is 3.60. The second-order valence-electron chi connectivity index (χ2n) is 6.31. The minimum absolute atomic E-state index is 0.268. The van der Waals surface area contributed by atoms with Crippen LogP contribution < -0.4 is 10.5 Å². The summed E-state index contributed by atoms with van der Waals surface area (Å²) < 4.78 is 10.7. The fourth-order valence-corrected chi connectivity index (χ4v) is 2.27. The minimum Gasteiger partial charge on any atom is -0.494 e. The van der Waals surface area contributed by atoms with Crippen LogP contribution in [0.15, 0.2) is 30.5 Å². The van der Waals surface area contributed by atoms with E-state index in [1.165, 1.54) is 0 Å². The Morgan fingerprint density at radius 3 is 2.39 bits per heavy atom. The lowest BCUT2D eigenvalue weighted by Gasteiger charge is -2.19. The molecule has 2 aromatic rings. The molecule has 0 radical (unpaired) electrons. The van der Waals surface area contributed by atoms with E-state index in [9.17, 15) is 4.79 Å². The third kappa shape index (κ3) is 3.80. The van der Waals surface area contributed by atoms with Gasteiger partial charge in [0.25, 0.3) is 0 Å². The smallest absolute Gasteiger partial charge is 0.357 e. The number of nitrogen functional groups attached to an aromatic ring is 1. The first-order valence-electron chi connectivity index (χ1n) is 7.36. The first-order chi connectivity index (χ1) is 10.7. The van der Waals surface area contributed by atoms with Crippen molar-refractivity contribution in [2.75, 3.05) is 12.8 Å². The summed E-state index contributed by atoms with van der Waals surface area (Å²) in [6.07, 6.45) is 1.63. The van der Waals surface area contributed by atoms with E-state index in [-0.39, 0.29) is 5.69 Å². The molecule has 5 nitrogen and oxygen atoms in total. The fraction of sp³-hybridized carbons (Fsp3) is 0.333. The Morgan fingerprint density at radius 2 is 1.87 bits per heavy atom. The summed E-state index contributed by atoms with van der Waals surface area (Å²) >= 11 is 0. The van der Waals surface area contributed by atoms with E-state index in [4.69, 9.17) is 15.2 Å². The summed E-state index contributed by atoms with van der Waals surface area (Å²) in [7, 11) is 1.58. The number of carbonyl (C=O) groups is 1. The van der Waals surface area contributed by atoms with Gasteiger partial charge in [-0.15, -0.1) is 0 Å². The van der Waals surface area contributed by atoms with Gasteiger partial charge in [-0.2, -0.15) is 0 Å². The van der Waals surface area contributed by atoms with Gasteiger partial charge in [0.2, 0.25) is 0 Å². The highest BCUT2D eigenvalue weighted by molar-refractivity contribution is 5.88. The summed E-state index contributed by atoms with van der Waals surface area (Å²) in [4.78, 5) is 16.2. The second kappa shape index (κ2) is 6.28. The Hall–Kier alpha value is -2.56. The number of hydrogen-bond donors (Lipinski definition) is 1. The maximum atomic E-state index is 12.0. The minimum atomic E-state index is -0.550. The molecule has 0 aliphatic carbocycles. The first kappa shape index (κ1) is 16.8. The molecule has 5 heteroatoms. The molecule has 1 aromatic heterocycles. The number of esters is 1. The molecule has 0 saturated heterocycles. The van der Waals surface area contributed by atoms with Crippen molar-refractivity contribution in [3.05, 3.63) is 41.7 Å². The number of benzene rings is 1. The average molecular weight is 314 g/mol. The number of nitrogens with zero attached hydrogens (tertiary/aromatic N) is 1. The van der Waals surface area contributed by atoms with Crippen molar-refractivity contribution in [1.82, 2.24) is 4.98 Å². The van der Waals surface area contributed by atoms with Gasteiger partial charge in [0.05, 0.1) is 12.8 Å². The number of aromatic nitrogens is 1. The van der Waals surface area contributed by atoms with Crippen LogP contribution in [-0.2, 0) is 4.74 Å². The Bertz CT molecular complexity index is 716. The maximum absolute atomic E-state index is 12.0. The fourth-order valence-electron chi connectivity index (χ4n) is 2.27. The molecular formula is C18H22N2O3. The number of aryl methyl sites for hydroxylation is 1. The highest BCUT2D eigenvalue weighted by Crippen LogP contribution is 2.37. The highest BCUT2D eigenvalue weighted by Gasteiger charge is 2.19. The van der Waals surface area contributed by atoms with Crippen molar-refractivity contribution in [2.24, 2.45) is 0 Å². The van der Waals surface area contributed by atoms with Crippen molar-refractivity contribution in [2.45, 2.75) is 33.3 Å². The van der Waals surface area contributed by atoms with Gasteiger partial charge in [-0.3, -0.25) is 0 Å². The van der Waals surface area contributed by atoms with Crippen LogP contribution in [-0.4, -0.2) is 23.7 Å². The SMILES string of the molecule is COc1c(N)ccc(C)c1-c1ccc(C(=O)OC(C)(C)C)nc1. The van der Waals surface area contributed by atoms with Crippen LogP contribution in [0.1, 0.15) is 36.8 Å². The number of hydrogen-bond acceptors (Lipinski definition) is 5. The van der Waals surface area contributed by atoms with E-state index >= 15 is 0 Å². The monoisotopic (exact) mass is 314 g/mol. The summed E-state index contributed by atoms with van der Waals surface area (Å²) in [6.45, 7) is 7.43. The van der Waals surface area contributed by atoms with Crippen molar-refractivity contribution >= 4 is 11.7 Å². The van der Waals surface area contributed by atoms with Crippen LogP contribution in [0.2, 0.25) is 0 Å². The molecular weight excluding hydrogens is 292 g/mol. The number of rotatable bonds is 3. The van der Waals surface area contributed by atoms with Gasteiger partial charge >= 0.3 is 5.97 Å². The molecule has 2 N–H and O–H groups in total. The van der Waals surface area contributed by atoms with Gasteiger partial charge in [-0.05, 0) is 45.4 Å². The van der Waals surface area contributed by atoms with E-state index in [0.29, 0.717) is 11.4 Å². The predicted molar refractivity (Wildman–Crippen MR) is 90.5 cm³/mol. The van der Waals surface area contributed by atoms with E-state index in [1.54, 1.807) is 25.4 Å². The van der Waals surface area contributed by atoms with Crippen LogP contribution >= 0.6 is 0 Å². The lowest BCUT2D eigenvalue weighted by molar-refractivity contribution is 0.00629. The molecule has 0 amide bonds. The Labute approximate surface area is 136 Å². The van der Waals surface area contributed by atoms with Crippen molar-refractivity contribution in [3.8, 4) is 16.9 Å². The maximum Gasteiger partial charge on any atom is 0.357 e. The van der Waals surface area contributed by atoms with Crippen molar-refractivity contribution in [3.63, 3.8) is 0 Å². The average Bonchev–Trinajstić information content (AvgIpc) is 2.47. The van der Waals surface area contributed by atoms with Gasteiger partial charge in [0, 0.05) is 17.3 Å². The largest absolute Gasteiger partial charge is 0.494 e. The van der Waals surface area contributed by atoms with Gasteiger partial charge in [-0.25, -0.2) is 9.78 Å². The van der Waals surface area contributed by atoms with Gasteiger partial charge in [0.1, 0.15) is 17.0 Å². The number of carbonyl (C=O) groups excluding carboxylic acids is 1. The van der Waals surface area contributed by atoms with E-state index in [2.05, 4.69) is 4.98 Å². The van der Waals surface area contributed by atoms with Crippen LogP contribution in [0.3, 0.4) is 0 Å². The number of nitrogens with two attached hydrogens (primary N) is 1. The zero-order chi connectivity index (χ0) is 17.2. The molecule has 1 aromatic carbocycles. The number of ether oxygens (including phenoxy) is 2. The molecule has 1 heterocycles. The van der Waals surface area contributed by atoms with Crippen LogP contribution in [0, 0.1) is 6.92 Å². The van der Waals surface area contributed by atoms with Crippen LogP contribution in [0.4, 0.5) is 5.69 Å². The summed E-state index contributed by atoms with van der Waals surface area (Å²) in [6, 6.07) is 7.19. The lowest BCUT2D eigenvalue weighted by Crippen LogP contribution is -2.24. The zero-order valence-electron chi connectivity index (χ0n) is 14.1. The van der Waals surface area contributed by atoms with Gasteiger partial charge in [-0.1, -0.05) is 12.1 Å². The third-order valence-electron chi connectivity index (χ3n) is 3.26. The molecule has 23 heavy (non-hydrogen) atoms. The Morgan fingerprint density at radius 1 is 1.17 bits per heavy atom. The molecule has 122 valence electrons. The Kier molecular flexibility index (Phi) is 4.59. The van der Waals surface area contributed by atoms with E-state index < -0.39 is 11.6 Å². The molecule has 0 unspecified atom stereocenters. The topological polar surface area (TPSA) is 74.4 Å². The quantitative estimate of drug-likeness (QED) is 0.692. The zero-order valence-corrected chi connectivity index (χ0v) is 14.1. The summed E-state index contributed by atoms with van der Waals surface area (Å²) in [5, 5.41) is 0. The van der Waals surface area contributed by atoms with Crippen molar-refractivity contribution < 1.29 is 14.3 Å². The third-order valence-corrected chi connectivity index (χ3v) is 3.26. The molecule has 0 atom stereocenters. The molecule has 0 saturated carbocycles. The van der Waals surface area contributed by atoms with E-state index in [1.807, 2.05) is 39.8 Å². The number of anilines is 1. The normalized spacial score (nSPS) is 11.2. The number of pyridine rings is 1. The molecule has 0 fully saturated rings. The van der Waals surface area contributed by atoms with Gasteiger partial charge in [0.15, 0.2) is 0 Å². The van der Waals surface area contributed by atoms with Crippen LogP contribution in [0.5, 0.6) is 5.75 Å². The van der Waals surface area contributed by atoms with E-state index in [0.717, 1.165) is 16.7 Å². The summed E-state index contributed by atoms with van der Waals surface area (Å²) in [5.41, 5.74) is 8.96. The molecule has 2 rings (SSSR count). The van der Waals surface area contributed by atoms with Crippen LogP contribution in [0.25, 0.3) is 11.1 Å². The number of methoxy groups -OCH3 is 1. The second-order valence-corrected chi connectivity index (χ2v) is 6.31. The standard InChI is InChI=1S/C18H22N2O3/c1-11-6-8-13(19)16(22-5)15(11)12-7-9-14(20-10-12)17(21)23-18(2,3)4/h6-10H,19H2,1-5H3. The molecule has 0 aliphatic heterocycles. The van der Waals surface area contributed by atoms with Gasteiger partial charge < -0.3 is 15.2 Å². The molecule has 0 aliphatic rings. The Balaban J connectivity index is 2.38. The molecule has 0 spiro atoms. The highest BCUT2D eigenvalue weighted by atomic mass is 16.6. The first-order valence-corrected chi connectivity index (χ1v) is 7.36.